The molecule has 4 nitrogen and oxygen atoms in total. The van der Waals surface area contributed by atoms with Crippen molar-refractivity contribution in [3.8, 4) is 0 Å². The minimum atomic E-state index is -1.15. The summed E-state index contributed by atoms with van der Waals surface area (Å²) in [6, 6.07) is 0. The molecule has 0 saturated heterocycles. The highest BCUT2D eigenvalue weighted by molar-refractivity contribution is 5.17. The van der Waals surface area contributed by atoms with Crippen LogP contribution < -0.4 is 0 Å². The summed E-state index contributed by atoms with van der Waals surface area (Å²) >= 11 is 0. The van der Waals surface area contributed by atoms with Crippen LogP contribution in [-0.2, 0) is 0 Å². The predicted molar refractivity (Wildman–Crippen MR) is 128 cm³/mol. The second-order valence-corrected chi connectivity index (χ2v) is 13.3. The molecule has 184 valence electrons. The van der Waals surface area contributed by atoms with Gasteiger partial charge in [0, 0.05) is 17.8 Å². The lowest BCUT2D eigenvalue weighted by Crippen LogP contribution is -2.68. The van der Waals surface area contributed by atoms with Crippen LogP contribution in [0.4, 0.5) is 0 Å². The first kappa shape index (κ1) is 24.7. The van der Waals surface area contributed by atoms with Gasteiger partial charge >= 0.3 is 0 Å². The molecule has 0 aliphatic heterocycles. The number of allylic oxidation sites excluding steroid dienone is 1. The van der Waals surface area contributed by atoms with E-state index in [-0.39, 0.29) is 16.7 Å². The molecule has 4 N–H and O–H groups in total. The SMILES string of the molecule is C[C@H](/C=C/[C@H](C)C(C)(C)O)[C@H]1CCC2C3C[C@@H](O)[C@@]4(O)C[C@@H](O)CC[C@]4(C)C3CC[C@@]21C. The molecular formula is C28H48O4. The van der Waals surface area contributed by atoms with Crippen LogP contribution in [0.1, 0.15) is 92.9 Å². The van der Waals surface area contributed by atoms with Gasteiger partial charge in [0.15, 0.2) is 0 Å². The van der Waals surface area contributed by atoms with Crippen molar-refractivity contribution in [1.29, 1.82) is 0 Å². The standard InChI is InChI=1S/C28H48O4/c1-17(7-8-18(2)25(3,4)31)21-9-10-22-20-15-24(30)28(32)16-19(29)11-14-27(28,6)23(20)12-13-26(21,22)5/h7-8,17-24,29-32H,9-16H2,1-6H3/b8-7+/t17-,18+,19+,20?,21-,22?,23?,24-,26-,27-,28+/m1/s1. The largest absolute Gasteiger partial charge is 0.393 e. The van der Waals surface area contributed by atoms with Gasteiger partial charge in [-0.1, -0.05) is 39.8 Å². The van der Waals surface area contributed by atoms with Crippen LogP contribution in [-0.4, -0.2) is 43.8 Å². The third-order valence-electron chi connectivity index (χ3n) is 11.4. The molecule has 0 aromatic heterocycles. The lowest BCUT2D eigenvalue weighted by molar-refractivity contribution is -0.264. The minimum Gasteiger partial charge on any atom is -0.393 e. The molecule has 3 unspecified atom stereocenters. The molecule has 0 bridgehead atoms. The summed E-state index contributed by atoms with van der Waals surface area (Å²) in [5.74, 6) is 2.70. The van der Waals surface area contributed by atoms with Crippen molar-refractivity contribution < 1.29 is 20.4 Å². The van der Waals surface area contributed by atoms with Gasteiger partial charge in [-0.25, -0.2) is 0 Å². The summed E-state index contributed by atoms with van der Waals surface area (Å²) in [4.78, 5) is 0. The van der Waals surface area contributed by atoms with E-state index >= 15 is 0 Å². The number of hydrogen-bond donors (Lipinski definition) is 4. The molecule has 4 heteroatoms. The summed E-state index contributed by atoms with van der Waals surface area (Å²) in [5, 5.41) is 43.4. The Kier molecular flexibility index (Phi) is 6.23. The molecule has 4 aliphatic rings. The number of hydrogen-bond acceptors (Lipinski definition) is 4. The molecule has 0 aromatic rings. The third kappa shape index (κ3) is 3.63. The molecular weight excluding hydrogens is 400 g/mol. The first-order valence-corrected chi connectivity index (χ1v) is 13.2. The van der Waals surface area contributed by atoms with E-state index in [1.54, 1.807) is 0 Å². The zero-order chi connectivity index (χ0) is 23.7. The Bertz CT molecular complexity index is 727. The maximum atomic E-state index is 11.6. The summed E-state index contributed by atoms with van der Waals surface area (Å²) < 4.78 is 0. The first-order valence-electron chi connectivity index (χ1n) is 13.2. The van der Waals surface area contributed by atoms with Crippen LogP contribution in [0.2, 0.25) is 0 Å². The average molecular weight is 449 g/mol. The fourth-order valence-electron chi connectivity index (χ4n) is 8.88. The number of rotatable bonds is 4. The Morgan fingerprint density at radius 2 is 1.62 bits per heavy atom. The number of aliphatic hydroxyl groups excluding tert-OH is 2. The van der Waals surface area contributed by atoms with Crippen molar-refractivity contribution in [2.24, 2.45) is 46.3 Å². The fourth-order valence-corrected chi connectivity index (χ4v) is 8.88. The molecule has 0 radical (unpaired) electrons. The zero-order valence-electron chi connectivity index (χ0n) is 21.2. The van der Waals surface area contributed by atoms with E-state index in [9.17, 15) is 20.4 Å². The van der Waals surface area contributed by atoms with Gasteiger partial charge in [-0.05, 0) is 93.8 Å². The van der Waals surface area contributed by atoms with E-state index in [0.29, 0.717) is 42.4 Å². The topological polar surface area (TPSA) is 80.9 Å². The van der Waals surface area contributed by atoms with Crippen molar-refractivity contribution in [3.05, 3.63) is 12.2 Å². The van der Waals surface area contributed by atoms with E-state index in [1.807, 2.05) is 13.8 Å². The highest BCUT2D eigenvalue weighted by Gasteiger charge is 2.67. The van der Waals surface area contributed by atoms with Crippen molar-refractivity contribution in [3.63, 3.8) is 0 Å². The fraction of sp³-hybridized carbons (Fsp3) is 0.929. The first-order chi connectivity index (χ1) is 14.7. The van der Waals surface area contributed by atoms with Crippen LogP contribution >= 0.6 is 0 Å². The molecule has 0 amide bonds. The smallest absolute Gasteiger partial charge is 0.0985 e. The molecule has 0 spiro atoms. The Balaban J connectivity index is 1.56. The van der Waals surface area contributed by atoms with Crippen LogP contribution in [0.3, 0.4) is 0 Å². The van der Waals surface area contributed by atoms with Gasteiger partial charge < -0.3 is 20.4 Å². The second kappa shape index (κ2) is 8.07. The minimum absolute atomic E-state index is 0.124. The maximum Gasteiger partial charge on any atom is 0.0985 e. The number of aliphatic hydroxyl groups is 4. The number of fused-ring (bicyclic) bond motifs is 5. The molecule has 11 atom stereocenters. The van der Waals surface area contributed by atoms with E-state index < -0.39 is 23.4 Å². The lowest BCUT2D eigenvalue weighted by Gasteiger charge is -2.65. The Hall–Kier alpha value is -0.420. The van der Waals surface area contributed by atoms with Crippen molar-refractivity contribution in [2.75, 3.05) is 0 Å². The van der Waals surface area contributed by atoms with Gasteiger partial charge in [0.1, 0.15) is 0 Å². The normalized spacial score (nSPS) is 51.1. The molecule has 0 aromatic carbocycles. The summed E-state index contributed by atoms with van der Waals surface area (Å²) in [6.45, 7) is 12.9. The van der Waals surface area contributed by atoms with E-state index in [2.05, 4.69) is 39.8 Å². The summed E-state index contributed by atoms with van der Waals surface area (Å²) in [6.07, 6.45) is 10.6. The maximum absolute atomic E-state index is 11.6. The highest BCUT2D eigenvalue weighted by atomic mass is 16.3. The molecule has 4 rings (SSSR count). The second-order valence-electron chi connectivity index (χ2n) is 13.3. The van der Waals surface area contributed by atoms with E-state index in [1.165, 1.54) is 19.3 Å². The summed E-state index contributed by atoms with van der Waals surface area (Å²) in [5.41, 5.74) is -1.89. The quantitative estimate of drug-likeness (QED) is 0.470. The van der Waals surface area contributed by atoms with Crippen LogP contribution in [0, 0.1) is 46.3 Å². The Morgan fingerprint density at radius 1 is 0.938 bits per heavy atom. The van der Waals surface area contributed by atoms with Gasteiger partial charge in [-0.2, -0.15) is 0 Å². The van der Waals surface area contributed by atoms with Crippen molar-refractivity contribution in [1.82, 2.24) is 0 Å². The van der Waals surface area contributed by atoms with Gasteiger partial charge in [-0.3, -0.25) is 0 Å². The Morgan fingerprint density at radius 3 is 2.28 bits per heavy atom. The van der Waals surface area contributed by atoms with E-state index in [0.717, 1.165) is 19.3 Å². The van der Waals surface area contributed by atoms with E-state index in [4.69, 9.17) is 0 Å². The molecule has 32 heavy (non-hydrogen) atoms. The van der Waals surface area contributed by atoms with Crippen LogP contribution in [0.5, 0.6) is 0 Å². The van der Waals surface area contributed by atoms with Gasteiger partial charge in [-0.15, -0.1) is 0 Å². The lowest BCUT2D eigenvalue weighted by atomic mass is 9.42. The van der Waals surface area contributed by atoms with Gasteiger partial charge in [0.05, 0.1) is 23.4 Å². The molecule has 4 saturated carbocycles. The molecule has 4 aliphatic carbocycles. The van der Waals surface area contributed by atoms with Gasteiger partial charge in [0.25, 0.3) is 0 Å². The van der Waals surface area contributed by atoms with Crippen LogP contribution in [0.15, 0.2) is 12.2 Å². The molecule has 0 heterocycles. The predicted octanol–water partition coefficient (Wildman–Crippen LogP) is 4.69. The van der Waals surface area contributed by atoms with Crippen molar-refractivity contribution in [2.45, 2.75) is 116 Å². The zero-order valence-corrected chi connectivity index (χ0v) is 21.2. The van der Waals surface area contributed by atoms with Crippen molar-refractivity contribution >= 4 is 0 Å². The van der Waals surface area contributed by atoms with Gasteiger partial charge in [0.2, 0.25) is 0 Å². The summed E-state index contributed by atoms with van der Waals surface area (Å²) in [7, 11) is 0. The average Bonchev–Trinajstić information content (AvgIpc) is 3.05. The monoisotopic (exact) mass is 448 g/mol. The molecule has 4 fully saturated rings. The Labute approximate surface area is 195 Å². The third-order valence-corrected chi connectivity index (χ3v) is 11.4. The van der Waals surface area contributed by atoms with Crippen LogP contribution in [0.25, 0.3) is 0 Å². The highest BCUT2D eigenvalue weighted by Crippen LogP contribution is 2.69.